The van der Waals surface area contributed by atoms with E-state index in [0.29, 0.717) is 30.0 Å². The minimum atomic E-state index is -0.130. The molecule has 3 aliphatic carbocycles. The van der Waals surface area contributed by atoms with Gasteiger partial charge in [0.05, 0.1) is 0 Å². The number of hydrogen-bond acceptors (Lipinski definition) is 2. The maximum Gasteiger partial charge on any atom is 0.224 e. The number of piperidine rings is 1. The highest BCUT2D eigenvalue weighted by atomic mass is 16.1. The predicted octanol–water partition coefficient (Wildman–Crippen LogP) is 6.06. The molecule has 0 bridgehead atoms. The molecule has 4 rings (SSSR count). The zero-order chi connectivity index (χ0) is 21.1. The van der Waals surface area contributed by atoms with E-state index in [0.717, 1.165) is 44.2 Å². The molecular weight excluding hydrogens is 346 g/mol. The second kappa shape index (κ2) is 8.97. The van der Waals surface area contributed by atoms with Crippen LogP contribution < -0.4 is 5.32 Å². The van der Waals surface area contributed by atoms with E-state index in [1.807, 2.05) is 33.8 Å². The number of fused-ring (bicyclic) bond motifs is 5. The van der Waals surface area contributed by atoms with E-state index in [9.17, 15) is 9.59 Å². The van der Waals surface area contributed by atoms with Crippen LogP contribution in [-0.2, 0) is 9.59 Å². The highest BCUT2D eigenvalue weighted by Gasteiger charge is 2.60. The lowest BCUT2D eigenvalue weighted by atomic mass is 9.50. The van der Waals surface area contributed by atoms with Gasteiger partial charge in [-0.3, -0.25) is 9.59 Å². The number of rotatable bonds is 2. The van der Waals surface area contributed by atoms with Crippen LogP contribution in [0.5, 0.6) is 0 Å². The van der Waals surface area contributed by atoms with Crippen molar-refractivity contribution in [2.45, 2.75) is 86.5 Å². The Balaban J connectivity index is 0.000000660. The SMILES string of the molecule is C=CC[C@H]1CC2C3CC=C4NC(=O)CCC4(C)C3CCC2(C)C1=O.CC.CC. The third kappa shape index (κ3) is 3.50. The van der Waals surface area contributed by atoms with Crippen LogP contribution in [0.1, 0.15) is 86.5 Å². The number of nitrogens with one attached hydrogen (secondary N) is 1. The molecule has 0 radical (unpaired) electrons. The Kier molecular flexibility index (Phi) is 7.33. The Hall–Kier alpha value is -1.38. The Bertz CT molecular complexity index is 636. The number of allylic oxidation sites excluding steroid dienone is 3. The molecule has 0 spiro atoms. The number of amides is 1. The van der Waals surface area contributed by atoms with Gasteiger partial charge in [0.2, 0.25) is 5.91 Å². The van der Waals surface area contributed by atoms with Crippen molar-refractivity contribution in [1.82, 2.24) is 5.32 Å². The molecule has 6 atom stereocenters. The molecule has 2 saturated carbocycles. The van der Waals surface area contributed by atoms with Gasteiger partial charge in [-0.05, 0) is 56.3 Å². The molecule has 1 N–H and O–H groups in total. The van der Waals surface area contributed by atoms with Gasteiger partial charge < -0.3 is 5.32 Å². The quantitative estimate of drug-likeness (QED) is 0.586. The van der Waals surface area contributed by atoms with Crippen molar-refractivity contribution in [1.29, 1.82) is 0 Å². The minimum absolute atomic E-state index is 0.0950. The molecule has 3 heteroatoms. The lowest BCUT2D eigenvalue weighted by molar-refractivity contribution is -0.134. The molecule has 0 aromatic heterocycles. The second-order valence-electron chi connectivity index (χ2n) is 8.97. The molecular formula is C25H41NO2. The van der Waals surface area contributed by atoms with Crippen molar-refractivity contribution in [3.8, 4) is 0 Å². The Labute approximate surface area is 172 Å². The maximum atomic E-state index is 13.0. The molecule has 5 unspecified atom stereocenters. The molecule has 28 heavy (non-hydrogen) atoms. The number of carbonyl (C=O) groups excluding carboxylic acids is 2. The van der Waals surface area contributed by atoms with Gasteiger partial charge in [0.15, 0.2) is 0 Å². The van der Waals surface area contributed by atoms with Gasteiger partial charge in [-0.25, -0.2) is 0 Å². The van der Waals surface area contributed by atoms with E-state index < -0.39 is 0 Å². The van der Waals surface area contributed by atoms with Crippen LogP contribution in [0.4, 0.5) is 0 Å². The van der Waals surface area contributed by atoms with Crippen LogP contribution >= 0.6 is 0 Å². The van der Waals surface area contributed by atoms with Crippen LogP contribution in [0.25, 0.3) is 0 Å². The third-order valence-electron chi connectivity index (χ3n) is 7.92. The summed E-state index contributed by atoms with van der Waals surface area (Å²) in [5, 5.41) is 3.14. The lowest BCUT2D eigenvalue weighted by Gasteiger charge is -2.55. The standard InChI is InChI=1S/C21H29NO2.2C2H6/c1-4-5-13-12-16-14-6-7-17-20(2,11-9-18(23)22-17)15(14)8-10-21(16,3)19(13)24;2*1-2/h4,7,13-16H,1,5-6,8-12H2,2-3H3,(H,22,23);2*1-2H3/t13-,14?,15?,16?,20?,21?;;/m0../s1. The first-order valence-corrected chi connectivity index (χ1v) is 11.6. The Morgan fingerprint density at radius 3 is 2.43 bits per heavy atom. The Morgan fingerprint density at radius 2 is 1.79 bits per heavy atom. The van der Waals surface area contributed by atoms with Gasteiger partial charge in [-0.15, -0.1) is 6.58 Å². The van der Waals surface area contributed by atoms with Crippen LogP contribution in [0.2, 0.25) is 0 Å². The van der Waals surface area contributed by atoms with E-state index in [1.165, 1.54) is 0 Å². The summed E-state index contributed by atoms with van der Waals surface area (Å²) in [6.07, 6.45) is 10.8. The summed E-state index contributed by atoms with van der Waals surface area (Å²) in [7, 11) is 0. The zero-order valence-corrected chi connectivity index (χ0v) is 18.9. The smallest absolute Gasteiger partial charge is 0.224 e. The fraction of sp³-hybridized carbons (Fsp3) is 0.760. The van der Waals surface area contributed by atoms with Crippen LogP contribution in [0, 0.1) is 34.5 Å². The van der Waals surface area contributed by atoms with Gasteiger partial charge in [0.1, 0.15) is 5.78 Å². The normalized spacial score (nSPS) is 40.9. The molecule has 1 saturated heterocycles. The summed E-state index contributed by atoms with van der Waals surface area (Å²) in [5.41, 5.74) is 1.13. The number of carbonyl (C=O) groups is 2. The molecule has 1 aliphatic heterocycles. The number of Topliss-reactive ketones (excluding diaryl/α,β-unsaturated/α-hetero) is 1. The monoisotopic (exact) mass is 387 g/mol. The highest BCUT2D eigenvalue weighted by Crippen LogP contribution is 2.63. The molecule has 1 heterocycles. The largest absolute Gasteiger partial charge is 0.330 e. The first-order chi connectivity index (χ1) is 13.4. The maximum absolute atomic E-state index is 13.0. The van der Waals surface area contributed by atoms with Gasteiger partial charge in [-0.2, -0.15) is 0 Å². The Morgan fingerprint density at radius 1 is 1.11 bits per heavy atom. The molecule has 0 aromatic rings. The summed E-state index contributed by atoms with van der Waals surface area (Å²) >= 11 is 0. The highest BCUT2D eigenvalue weighted by molar-refractivity contribution is 5.89. The van der Waals surface area contributed by atoms with E-state index in [4.69, 9.17) is 0 Å². The third-order valence-corrected chi connectivity index (χ3v) is 7.92. The molecule has 3 nitrogen and oxygen atoms in total. The molecule has 1 amide bonds. The van der Waals surface area contributed by atoms with Crippen LogP contribution in [0.15, 0.2) is 24.4 Å². The van der Waals surface area contributed by atoms with Crippen molar-refractivity contribution in [2.24, 2.45) is 34.5 Å². The molecule has 4 aliphatic rings. The molecule has 3 fully saturated rings. The van der Waals surface area contributed by atoms with Gasteiger partial charge in [-0.1, -0.05) is 53.7 Å². The van der Waals surface area contributed by atoms with Crippen molar-refractivity contribution < 1.29 is 9.59 Å². The fourth-order valence-electron chi connectivity index (χ4n) is 6.54. The topological polar surface area (TPSA) is 46.2 Å². The van der Waals surface area contributed by atoms with Gasteiger partial charge in [0, 0.05) is 28.9 Å². The van der Waals surface area contributed by atoms with Crippen molar-refractivity contribution in [3.63, 3.8) is 0 Å². The van der Waals surface area contributed by atoms with Crippen molar-refractivity contribution >= 4 is 11.7 Å². The second-order valence-corrected chi connectivity index (χ2v) is 8.97. The van der Waals surface area contributed by atoms with E-state index in [2.05, 4.69) is 31.8 Å². The average molecular weight is 388 g/mol. The first-order valence-electron chi connectivity index (χ1n) is 11.6. The summed E-state index contributed by atoms with van der Waals surface area (Å²) in [6, 6.07) is 0. The number of ketones is 1. The van der Waals surface area contributed by atoms with Crippen LogP contribution in [-0.4, -0.2) is 11.7 Å². The van der Waals surface area contributed by atoms with Gasteiger partial charge >= 0.3 is 0 Å². The molecule has 158 valence electrons. The van der Waals surface area contributed by atoms with Crippen molar-refractivity contribution in [2.75, 3.05) is 0 Å². The summed E-state index contributed by atoms with van der Waals surface area (Å²) in [5.74, 6) is 2.53. The lowest BCUT2D eigenvalue weighted by Crippen LogP contribution is -2.53. The fourth-order valence-corrected chi connectivity index (χ4v) is 6.54. The van der Waals surface area contributed by atoms with Crippen molar-refractivity contribution in [3.05, 3.63) is 24.4 Å². The van der Waals surface area contributed by atoms with E-state index in [1.54, 1.807) is 0 Å². The number of hydrogen-bond donors (Lipinski definition) is 1. The van der Waals surface area contributed by atoms with Gasteiger partial charge in [0.25, 0.3) is 0 Å². The van der Waals surface area contributed by atoms with Crippen LogP contribution in [0.3, 0.4) is 0 Å². The minimum Gasteiger partial charge on any atom is -0.330 e. The first kappa shape index (κ1) is 22.9. The van der Waals surface area contributed by atoms with E-state index in [-0.39, 0.29) is 22.7 Å². The summed E-state index contributed by atoms with van der Waals surface area (Å²) < 4.78 is 0. The summed E-state index contributed by atoms with van der Waals surface area (Å²) in [6.45, 7) is 16.4. The predicted molar refractivity (Wildman–Crippen MR) is 117 cm³/mol. The summed E-state index contributed by atoms with van der Waals surface area (Å²) in [4.78, 5) is 24.8. The zero-order valence-electron chi connectivity index (χ0n) is 18.9. The molecule has 0 aromatic carbocycles. The average Bonchev–Trinajstić information content (AvgIpc) is 2.97. The van der Waals surface area contributed by atoms with E-state index >= 15 is 0 Å².